The van der Waals surface area contributed by atoms with Crippen molar-refractivity contribution in [1.29, 1.82) is 0 Å². The third-order valence-electron chi connectivity index (χ3n) is 8.19. The molecule has 5 rings (SSSR count). The summed E-state index contributed by atoms with van der Waals surface area (Å²) in [5.74, 6) is 0.882. The van der Waals surface area contributed by atoms with E-state index in [-0.39, 0.29) is 18.1 Å². The standard InChI is InChI=1S/C32H39F3N4O/c1-2-3-18-39-28(30(32(33,34)35)37-31(39)25-12-8-5-9-13-25)22-38(20-23-10-6-4-7-11-23)21-24-14-16-27-26(19-24)15-17-29(40)36-27/h5,8-9,12-14,16,19,23H,2-4,6-7,10-11,15,17-18,20-22H2,1H3,(H,36,40). The van der Waals surface area contributed by atoms with E-state index in [0.29, 0.717) is 43.2 Å². The first-order valence-electron chi connectivity index (χ1n) is 14.7. The number of carbonyl (C=O) groups is 1. The van der Waals surface area contributed by atoms with Crippen LogP contribution in [0.15, 0.2) is 48.5 Å². The Morgan fingerprint density at radius 2 is 1.80 bits per heavy atom. The van der Waals surface area contributed by atoms with Crippen LogP contribution in [0.2, 0.25) is 0 Å². The summed E-state index contributed by atoms with van der Waals surface area (Å²) in [6, 6.07) is 15.2. The zero-order valence-corrected chi connectivity index (χ0v) is 23.3. The number of hydrogen-bond acceptors (Lipinski definition) is 3. The van der Waals surface area contributed by atoms with E-state index in [0.717, 1.165) is 49.0 Å². The number of aryl methyl sites for hydroxylation is 1. The number of unbranched alkanes of at least 4 members (excludes halogenated alkanes) is 1. The third-order valence-corrected chi connectivity index (χ3v) is 8.19. The number of nitrogens with zero attached hydrogens (tertiary/aromatic N) is 3. The lowest BCUT2D eigenvalue weighted by atomic mass is 9.88. The molecular formula is C32H39F3N4O. The number of halogens is 3. The van der Waals surface area contributed by atoms with Crippen molar-refractivity contribution in [3.63, 3.8) is 0 Å². The summed E-state index contributed by atoms with van der Waals surface area (Å²) in [7, 11) is 0. The van der Waals surface area contributed by atoms with Gasteiger partial charge in [0.05, 0.1) is 5.69 Å². The number of amides is 1. The van der Waals surface area contributed by atoms with Gasteiger partial charge in [0.25, 0.3) is 0 Å². The van der Waals surface area contributed by atoms with Crippen molar-refractivity contribution in [2.24, 2.45) is 5.92 Å². The Morgan fingerprint density at radius 3 is 2.52 bits per heavy atom. The van der Waals surface area contributed by atoms with Gasteiger partial charge < -0.3 is 9.88 Å². The monoisotopic (exact) mass is 552 g/mol. The minimum Gasteiger partial charge on any atom is -0.326 e. The van der Waals surface area contributed by atoms with Crippen molar-refractivity contribution in [3.05, 3.63) is 71.0 Å². The maximum atomic E-state index is 14.5. The number of imidazole rings is 1. The van der Waals surface area contributed by atoms with E-state index in [4.69, 9.17) is 0 Å². The summed E-state index contributed by atoms with van der Waals surface area (Å²) in [5.41, 5.74) is 3.16. The van der Waals surface area contributed by atoms with Crippen molar-refractivity contribution in [3.8, 4) is 11.4 Å². The smallest absolute Gasteiger partial charge is 0.326 e. The summed E-state index contributed by atoms with van der Waals surface area (Å²) >= 11 is 0. The molecule has 1 fully saturated rings. The van der Waals surface area contributed by atoms with Gasteiger partial charge in [-0.05, 0) is 48.8 Å². The van der Waals surface area contributed by atoms with Crippen molar-refractivity contribution >= 4 is 11.6 Å². The van der Waals surface area contributed by atoms with Crippen molar-refractivity contribution in [2.45, 2.75) is 90.5 Å². The van der Waals surface area contributed by atoms with Gasteiger partial charge in [-0.25, -0.2) is 4.98 Å². The second-order valence-electron chi connectivity index (χ2n) is 11.3. The number of alkyl halides is 3. The van der Waals surface area contributed by atoms with Crippen LogP contribution in [0.5, 0.6) is 0 Å². The molecular weight excluding hydrogens is 513 g/mol. The highest BCUT2D eigenvalue weighted by atomic mass is 19.4. The maximum Gasteiger partial charge on any atom is 0.435 e. The predicted octanol–water partition coefficient (Wildman–Crippen LogP) is 7.84. The highest BCUT2D eigenvalue weighted by molar-refractivity contribution is 5.93. The minimum absolute atomic E-state index is 0.0217. The van der Waals surface area contributed by atoms with Crippen LogP contribution in [0.25, 0.3) is 11.4 Å². The van der Waals surface area contributed by atoms with E-state index in [9.17, 15) is 18.0 Å². The summed E-state index contributed by atoms with van der Waals surface area (Å²) in [4.78, 5) is 18.3. The van der Waals surface area contributed by atoms with Crippen LogP contribution in [0.1, 0.15) is 80.8 Å². The van der Waals surface area contributed by atoms with E-state index in [1.54, 1.807) is 0 Å². The summed E-state index contributed by atoms with van der Waals surface area (Å²) < 4.78 is 45.3. The zero-order valence-electron chi connectivity index (χ0n) is 23.3. The van der Waals surface area contributed by atoms with Crippen LogP contribution in [-0.4, -0.2) is 26.9 Å². The Balaban J connectivity index is 1.51. The van der Waals surface area contributed by atoms with E-state index in [1.165, 1.54) is 19.3 Å². The number of aromatic nitrogens is 2. The SMILES string of the molecule is CCCCn1c(-c2ccccc2)nc(C(F)(F)F)c1CN(Cc1ccc2c(c1)CCC(=O)N2)CC1CCCCC1. The van der Waals surface area contributed by atoms with E-state index < -0.39 is 11.9 Å². The molecule has 1 aliphatic carbocycles. The van der Waals surface area contributed by atoms with Gasteiger partial charge in [-0.1, -0.05) is 75.1 Å². The van der Waals surface area contributed by atoms with Crippen LogP contribution in [0.4, 0.5) is 18.9 Å². The fourth-order valence-corrected chi connectivity index (χ4v) is 6.16. The van der Waals surface area contributed by atoms with Crippen LogP contribution in [0.3, 0.4) is 0 Å². The molecule has 2 aliphatic rings. The highest BCUT2D eigenvalue weighted by Crippen LogP contribution is 2.36. The maximum absolute atomic E-state index is 14.5. The number of carbonyl (C=O) groups excluding carboxylic acids is 1. The normalized spacial score (nSPS) is 16.3. The molecule has 0 unspecified atom stereocenters. The molecule has 3 aromatic rings. The Morgan fingerprint density at radius 1 is 1.02 bits per heavy atom. The van der Waals surface area contributed by atoms with Gasteiger partial charge in [0.1, 0.15) is 5.82 Å². The average Bonchev–Trinajstić information content (AvgIpc) is 3.31. The molecule has 2 aromatic carbocycles. The number of nitrogens with one attached hydrogen (secondary N) is 1. The van der Waals surface area contributed by atoms with E-state index in [1.807, 2.05) is 47.0 Å². The van der Waals surface area contributed by atoms with Gasteiger partial charge in [-0.15, -0.1) is 0 Å². The Labute approximate surface area is 234 Å². The molecule has 0 radical (unpaired) electrons. The quantitative estimate of drug-likeness (QED) is 0.279. The molecule has 40 heavy (non-hydrogen) atoms. The van der Waals surface area contributed by atoms with Crippen molar-refractivity contribution < 1.29 is 18.0 Å². The van der Waals surface area contributed by atoms with Gasteiger partial charge >= 0.3 is 6.18 Å². The van der Waals surface area contributed by atoms with Crippen LogP contribution in [-0.2, 0) is 37.0 Å². The molecule has 0 saturated heterocycles. The third kappa shape index (κ3) is 6.77. The van der Waals surface area contributed by atoms with Crippen LogP contribution >= 0.6 is 0 Å². The molecule has 8 heteroatoms. The van der Waals surface area contributed by atoms with Gasteiger partial charge in [-0.2, -0.15) is 13.2 Å². The Hall–Kier alpha value is -3.13. The molecule has 2 heterocycles. The van der Waals surface area contributed by atoms with E-state index in [2.05, 4.69) is 28.2 Å². The molecule has 1 N–H and O–H groups in total. The number of benzene rings is 2. The topological polar surface area (TPSA) is 50.2 Å². The molecule has 5 nitrogen and oxygen atoms in total. The molecule has 1 saturated carbocycles. The van der Waals surface area contributed by atoms with Crippen LogP contribution < -0.4 is 5.32 Å². The largest absolute Gasteiger partial charge is 0.435 e. The molecule has 1 aromatic heterocycles. The number of anilines is 1. The van der Waals surface area contributed by atoms with E-state index >= 15 is 0 Å². The Kier molecular flexibility index (Phi) is 8.94. The fraction of sp³-hybridized carbons (Fsp3) is 0.500. The van der Waals surface area contributed by atoms with Crippen molar-refractivity contribution in [1.82, 2.24) is 14.5 Å². The Bertz CT molecular complexity index is 1300. The first-order chi connectivity index (χ1) is 19.3. The molecule has 214 valence electrons. The van der Waals surface area contributed by atoms with Gasteiger partial charge in [0.2, 0.25) is 5.91 Å². The lowest BCUT2D eigenvalue weighted by Crippen LogP contribution is -2.32. The summed E-state index contributed by atoms with van der Waals surface area (Å²) in [5, 5.41) is 2.93. The van der Waals surface area contributed by atoms with Crippen LogP contribution in [0, 0.1) is 5.92 Å². The molecule has 0 atom stereocenters. The molecule has 0 spiro atoms. The zero-order chi connectivity index (χ0) is 28.1. The molecule has 0 bridgehead atoms. The average molecular weight is 553 g/mol. The number of hydrogen-bond donors (Lipinski definition) is 1. The number of fused-ring (bicyclic) bond motifs is 1. The van der Waals surface area contributed by atoms with Gasteiger partial charge in [0.15, 0.2) is 5.69 Å². The first kappa shape index (κ1) is 28.4. The first-order valence-corrected chi connectivity index (χ1v) is 14.7. The molecule has 1 amide bonds. The second-order valence-corrected chi connectivity index (χ2v) is 11.3. The summed E-state index contributed by atoms with van der Waals surface area (Å²) in [6.45, 7) is 4.04. The highest BCUT2D eigenvalue weighted by Gasteiger charge is 2.39. The summed E-state index contributed by atoms with van der Waals surface area (Å²) in [6.07, 6.45) is 4.06. The fourth-order valence-electron chi connectivity index (χ4n) is 6.16. The minimum atomic E-state index is -4.54. The molecule has 1 aliphatic heterocycles. The second kappa shape index (κ2) is 12.6. The lowest BCUT2D eigenvalue weighted by molar-refractivity contribution is -0.141. The van der Waals surface area contributed by atoms with Gasteiger partial charge in [-0.3, -0.25) is 9.69 Å². The predicted molar refractivity (Wildman–Crippen MR) is 152 cm³/mol. The van der Waals surface area contributed by atoms with Gasteiger partial charge in [0, 0.05) is 43.9 Å². The lowest BCUT2D eigenvalue weighted by Gasteiger charge is -2.31. The number of rotatable bonds is 10. The van der Waals surface area contributed by atoms with Crippen molar-refractivity contribution in [2.75, 3.05) is 11.9 Å².